The fourth-order valence-corrected chi connectivity index (χ4v) is 2.33. The Morgan fingerprint density at radius 1 is 1.24 bits per heavy atom. The predicted molar refractivity (Wildman–Crippen MR) is 75.4 cm³/mol. The molecule has 1 aliphatic rings. The Hall–Kier alpha value is -2.73. The van der Waals surface area contributed by atoms with E-state index in [9.17, 15) is 15.1 Å². The third-order valence-corrected chi connectivity index (χ3v) is 3.42. The second-order valence-corrected chi connectivity index (χ2v) is 4.67. The number of benzene rings is 2. The molecule has 3 N–H and O–H groups in total. The first-order chi connectivity index (χ1) is 10.1. The molecule has 6 nitrogen and oxygen atoms in total. The zero-order valence-corrected chi connectivity index (χ0v) is 11.3. The standard InChI is InChI=1S/C15H14N2O4/c1-21-13-8-9(6-7-12(13)18)14-16-11-5-3-2-4-10(11)15(19)17(14)20/h2-8,14,16,18,20H,1H3. The summed E-state index contributed by atoms with van der Waals surface area (Å²) in [7, 11) is 1.43. The van der Waals surface area contributed by atoms with E-state index in [1.807, 2.05) is 0 Å². The highest BCUT2D eigenvalue weighted by molar-refractivity contribution is 6.01. The number of ether oxygens (including phenoxy) is 1. The number of hydrogen-bond acceptors (Lipinski definition) is 5. The van der Waals surface area contributed by atoms with Crippen molar-refractivity contribution in [2.45, 2.75) is 6.17 Å². The molecule has 0 aliphatic carbocycles. The van der Waals surface area contributed by atoms with Crippen molar-refractivity contribution < 1.29 is 19.8 Å². The van der Waals surface area contributed by atoms with Gasteiger partial charge in [-0.3, -0.25) is 10.0 Å². The lowest BCUT2D eigenvalue weighted by Crippen LogP contribution is -2.40. The number of nitrogens with one attached hydrogen (secondary N) is 1. The van der Waals surface area contributed by atoms with Gasteiger partial charge in [0.15, 0.2) is 17.7 Å². The number of para-hydroxylation sites is 1. The van der Waals surface area contributed by atoms with Crippen LogP contribution in [0.25, 0.3) is 0 Å². The first-order valence-corrected chi connectivity index (χ1v) is 6.36. The summed E-state index contributed by atoms with van der Waals surface area (Å²) < 4.78 is 5.05. The number of phenolic OH excluding ortho intramolecular Hbond substituents is 1. The van der Waals surface area contributed by atoms with Crippen molar-refractivity contribution in [2.75, 3.05) is 12.4 Å². The molecule has 0 spiro atoms. The van der Waals surface area contributed by atoms with Crippen molar-refractivity contribution in [2.24, 2.45) is 0 Å². The molecule has 21 heavy (non-hydrogen) atoms. The Bertz CT molecular complexity index is 702. The summed E-state index contributed by atoms with van der Waals surface area (Å²) in [6.45, 7) is 0. The van der Waals surface area contributed by atoms with E-state index in [2.05, 4.69) is 5.32 Å². The lowest BCUT2D eigenvalue weighted by atomic mass is 10.0. The summed E-state index contributed by atoms with van der Waals surface area (Å²) in [6.07, 6.45) is -0.748. The average Bonchev–Trinajstić information content (AvgIpc) is 2.51. The molecular weight excluding hydrogens is 272 g/mol. The molecular formula is C15H14N2O4. The van der Waals surface area contributed by atoms with Gasteiger partial charge >= 0.3 is 0 Å². The van der Waals surface area contributed by atoms with Crippen molar-refractivity contribution in [3.8, 4) is 11.5 Å². The molecule has 1 unspecified atom stereocenters. The van der Waals surface area contributed by atoms with Crippen LogP contribution in [0.15, 0.2) is 42.5 Å². The van der Waals surface area contributed by atoms with Crippen LogP contribution >= 0.6 is 0 Å². The van der Waals surface area contributed by atoms with Crippen molar-refractivity contribution in [1.29, 1.82) is 0 Å². The number of aromatic hydroxyl groups is 1. The van der Waals surface area contributed by atoms with E-state index in [0.717, 1.165) is 0 Å². The summed E-state index contributed by atoms with van der Waals surface area (Å²) >= 11 is 0. The van der Waals surface area contributed by atoms with Crippen molar-refractivity contribution in [3.05, 3.63) is 53.6 Å². The van der Waals surface area contributed by atoms with E-state index >= 15 is 0 Å². The number of carbonyl (C=O) groups excluding carboxylic acids is 1. The van der Waals surface area contributed by atoms with Gasteiger partial charge < -0.3 is 15.2 Å². The SMILES string of the molecule is COc1cc(C2Nc3ccccc3C(=O)N2O)ccc1O. The minimum Gasteiger partial charge on any atom is -0.504 e. The maximum absolute atomic E-state index is 12.2. The van der Waals surface area contributed by atoms with Gasteiger partial charge in [0.05, 0.1) is 12.7 Å². The van der Waals surface area contributed by atoms with E-state index in [-0.39, 0.29) is 11.5 Å². The van der Waals surface area contributed by atoms with Gasteiger partial charge in [0.2, 0.25) is 0 Å². The Balaban J connectivity index is 2.02. The molecule has 6 heteroatoms. The van der Waals surface area contributed by atoms with Gasteiger partial charge in [0, 0.05) is 11.3 Å². The summed E-state index contributed by atoms with van der Waals surface area (Å²) in [5, 5.41) is 23.4. The molecule has 0 fully saturated rings. The zero-order chi connectivity index (χ0) is 15.0. The van der Waals surface area contributed by atoms with Gasteiger partial charge in [-0.05, 0) is 24.3 Å². The lowest BCUT2D eigenvalue weighted by molar-refractivity contribution is -0.0851. The molecule has 3 rings (SSSR count). The van der Waals surface area contributed by atoms with Crippen LogP contribution in [0.3, 0.4) is 0 Å². The van der Waals surface area contributed by atoms with Gasteiger partial charge in [-0.25, -0.2) is 0 Å². The van der Waals surface area contributed by atoms with E-state index in [1.165, 1.54) is 13.2 Å². The highest BCUT2D eigenvalue weighted by atomic mass is 16.5. The van der Waals surface area contributed by atoms with E-state index in [1.54, 1.807) is 36.4 Å². The van der Waals surface area contributed by atoms with E-state index < -0.39 is 12.1 Å². The number of hydrogen-bond donors (Lipinski definition) is 3. The minimum absolute atomic E-state index is 0.00623. The molecule has 0 bridgehead atoms. The number of phenols is 1. The maximum atomic E-state index is 12.2. The number of amides is 1. The average molecular weight is 286 g/mol. The third kappa shape index (κ3) is 2.15. The second kappa shape index (κ2) is 4.99. The first-order valence-electron chi connectivity index (χ1n) is 6.36. The molecule has 0 saturated heterocycles. The molecule has 0 saturated carbocycles. The third-order valence-electron chi connectivity index (χ3n) is 3.42. The summed E-state index contributed by atoms with van der Waals surface area (Å²) in [4.78, 5) is 12.2. The number of methoxy groups -OCH3 is 1. The lowest BCUT2D eigenvalue weighted by Gasteiger charge is -2.33. The van der Waals surface area contributed by atoms with Crippen LogP contribution in [0.2, 0.25) is 0 Å². The molecule has 0 aromatic heterocycles. The number of hydroxylamine groups is 2. The number of rotatable bonds is 2. The fraction of sp³-hybridized carbons (Fsp3) is 0.133. The first kappa shape index (κ1) is 13.3. The predicted octanol–water partition coefficient (Wildman–Crippen LogP) is 2.36. The topological polar surface area (TPSA) is 82.0 Å². The van der Waals surface area contributed by atoms with Crippen LogP contribution in [0.1, 0.15) is 22.1 Å². The van der Waals surface area contributed by atoms with Gasteiger partial charge in [-0.2, -0.15) is 5.06 Å². The number of carbonyl (C=O) groups is 1. The van der Waals surface area contributed by atoms with E-state index in [0.29, 0.717) is 21.9 Å². The fourth-order valence-electron chi connectivity index (χ4n) is 2.33. The van der Waals surface area contributed by atoms with Crippen molar-refractivity contribution >= 4 is 11.6 Å². The molecule has 1 heterocycles. The summed E-state index contributed by atoms with van der Waals surface area (Å²) in [5.41, 5.74) is 1.64. The van der Waals surface area contributed by atoms with Crippen LogP contribution in [0.5, 0.6) is 11.5 Å². The van der Waals surface area contributed by atoms with Crippen LogP contribution in [0.4, 0.5) is 5.69 Å². The highest BCUT2D eigenvalue weighted by Gasteiger charge is 2.32. The Labute approximate surface area is 121 Å². The molecule has 1 atom stereocenters. The second-order valence-electron chi connectivity index (χ2n) is 4.67. The van der Waals surface area contributed by atoms with Gasteiger partial charge in [0.1, 0.15) is 0 Å². The number of nitrogens with zero attached hydrogens (tertiary/aromatic N) is 1. The van der Waals surface area contributed by atoms with Crippen LogP contribution < -0.4 is 10.1 Å². The van der Waals surface area contributed by atoms with Crippen LogP contribution in [-0.4, -0.2) is 28.4 Å². The minimum atomic E-state index is -0.748. The number of anilines is 1. The Morgan fingerprint density at radius 2 is 2.00 bits per heavy atom. The maximum Gasteiger partial charge on any atom is 0.281 e. The normalized spacial score (nSPS) is 17.1. The largest absolute Gasteiger partial charge is 0.504 e. The molecule has 1 amide bonds. The molecule has 2 aromatic rings. The van der Waals surface area contributed by atoms with Crippen LogP contribution in [0, 0.1) is 0 Å². The monoisotopic (exact) mass is 286 g/mol. The summed E-state index contributed by atoms with van der Waals surface area (Å²) in [5.74, 6) is -0.219. The number of fused-ring (bicyclic) bond motifs is 1. The molecule has 2 aromatic carbocycles. The Morgan fingerprint density at radius 3 is 2.76 bits per heavy atom. The van der Waals surface area contributed by atoms with Gasteiger partial charge in [-0.15, -0.1) is 0 Å². The van der Waals surface area contributed by atoms with Crippen LogP contribution in [-0.2, 0) is 0 Å². The molecule has 108 valence electrons. The van der Waals surface area contributed by atoms with Gasteiger partial charge in [-0.1, -0.05) is 18.2 Å². The van der Waals surface area contributed by atoms with Gasteiger partial charge in [0.25, 0.3) is 5.91 Å². The summed E-state index contributed by atoms with van der Waals surface area (Å²) in [6, 6.07) is 11.6. The molecule has 1 aliphatic heterocycles. The smallest absolute Gasteiger partial charge is 0.281 e. The van der Waals surface area contributed by atoms with Crippen molar-refractivity contribution in [3.63, 3.8) is 0 Å². The molecule has 0 radical (unpaired) electrons. The van der Waals surface area contributed by atoms with E-state index in [4.69, 9.17) is 4.74 Å². The zero-order valence-electron chi connectivity index (χ0n) is 11.3. The highest BCUT2D eigenvalue weighted by Crippen LogP contribution is 2.35. The Kier molecular flexibility index (Phi) is 3.15. The van der Waals surface area contributed by atoms with Crippen molar-refractivity contribution in [1.82, 2.24) is 5.06 Å². The quantitative estimate of drug-likeness (QED) is 0.738.